The average Bonchev–Trinajstić information content (AvgIpc) is 3.34. The van der Waals surface area contributed by atoms with E-state index in [0.29, 0.717) is 18.2 Å². The number of benzene rings is 3. The second kappa shape index (κ2) is 9.88. The summed E-state index contributed by atoms with van der Waals surface area (Å²) in [5, 5.41) is 0. The number of anilines is 2. The molecule has 1 aliphatic rings. The number of hydrogen-bond acceptors (Lipinski definition) is 4. The van der Waals surface area contributed by atoms with Gasteiger partial charge in [-0.25, -0.2) is 0 Å². The van der Waals surface area contributed by atoms with Crippen LogP contribution in [0.15, 0.2) is 78.9 Å². The molecule has 0 N–H and O–H groups in total. The van der Waals surface area contributed by atoms with Gasteiger partial charge >= 0.3 is 0 Å². The van der Waals surface area contributed by atoms with Gasteiger partial charge < -0.3 is 19.4 Å². The van der Waals surface area contributed by atoms with Crippen molar-refractivity contribution in [2.75, 3.05) is 44.0 Å². The highest BCUT2D eigenvalue weighted by Crippen LogP contribution is 2.26. The quantitative estimate of drug-likeness (QED) is 0.546. The van der Waals surface area contributed by atoms with E-state index in [0.717, 1.165) is 30.1 Å². The highest BCUT2D eigenvalue weighted by molar-refractivity contribution is 6.05. The van der Waals surface area contributed by atoms with Crippen LogP contribution in [0.3, 0.4) is 0 Å². The Bertz CT molecular complexity index is 1020. The largest absolute Gasteiger partial charge is 0.489 e. The predicted octanol–water partition coefficient (Wildman–Crippen LogP) is 4.68. The van der Waals surface area contributed by atoms with Crippen molar-refractivity contribution >= 4 is 17.3 Å². The van der Waals surface area contributed by atoms with Gasteiger partial charge in [0.1, 0.15) is 12.4 Å². The molecule has 1 aliphatic heterocycles. The van der Waals surface area contributed by atoms with Crippen molar-refractivity contribution in [2.24, 2.45) is 0 Å². The summed E-state index contributed by atoms with van der Waals surface area (Å²) in [5.74, 6) is 0.709. The van der Waals surface area contributed by atoms with Crippen molar-refractivity contribution in [1.29, 1.82) is 0 Å². The molecule has 3 aromatic carbocycles. The number of ether oxygens (including phenoxy) is 1. The molecule has 1 fully saturated rings. The number of rotatable bonds is 7. The SMILES string of the molecule is CN(C(=O)c1ccc(OCc2ccccc2)cc1)c1ccc(N2CCC(N(C)C)C2)cc1. The number of carbonyl (C=O) groups excluding carboxylic acids is 1. The van der Waals surface area contributed by atoms with Gasteiger partial charge in [0.25, 0.3) is 5.91 Å². The molecule has 1 amide bonds. The Morgan fingerprint density at radius 1 is 0.938 bits per heavy atom. The summed E-state index contributed by atoms with van der Waals surface area (Å²) in [5.41, 5.74) is 3.84. The van der Waals surface area contributed by atoms with Crippen LogP contribution in [0.2, 0.25) is 0 Å². The molecule has 0 radical (unpaired) electrons. The Labute approximate surface area is 190 Å². The molecule has 1 saturated heterocycles. The van der Waals surface area contributed by atoms with Crippen LogP contribution in [0.25, 0.3) is 0 Å². The van der Waals surface area contributed by atoms with Crippen molar-refractivity contribution in [1.82, 2.24) is 4.90 Å². The number of likely N-dealkylation sites (N-methyl/N-ethyl adjacent to an activating group) is 1. The van der Waals surface area contributed by atoms with E-state index in [-0.39, 0.29) is 5.91 Å². The van der Waals surface area contributed by atoms with Crippen LogP contribution in [0.4, 0.5) is 11.4 Å². The van der Waals surface area contributed by atoms with E-state index in [1.807, 2.05) is 73.8 Å². The Morgan fingerprint density at radius 2 is 1.62 bits per heavy atom. The lowest BCUT2D eigenvalue weighted by atomic mass is 10.1. The van der Waals surface area contributed by atoms with Gasteiger partial charge in [0, 0.05) is 43.1 Å². The molecular formula is C27H31N3O2. The summed E-state index contributed by atoms with van der Waals surface area (Å²) in [6.07, 6.45) is 1.18. The Balaban J connectivity index is 1.35. The fourth-order valence-electron chi connectivity index (χ4n) is 4.03. The van der Waals surface area contributed by atoms with Crippen LogP contribution in [0, 0.1) is 0 Å². The van der Waals surface area contributed by atoms with Gasteiger partial charge in [0.05, 0.1) is 0 Å². The Morgan fingerprint density at radius 3 is 2.25 bits per heavy atom. The Hall–Kier alpha value is -3.31. The van der Waals surface area contributed by atoms with Crippen LogP contribution in [0.5, 0.6) is 5.75 Å². The van der Waals surface area contributed by atoms with E-state index in [4.69, 9.17) is 4.74 Å². The van der Waals surface area contributed by atoms with Gasteiger partial charge in [0.15, 0.2) is 0 Å². The second-order valence-corrected chi connectivity index (χ2v) is 8.53. The standard InChI is InChI=1S/C27H31N3O2/c1-28(2)25-17-18-30(19-25)24-13-11-23(12-14-24)29(3)27(31)22-9-15-26(16-10-22)32-20-21-7-5-4-6-8-21/h4-16,25H,17-20H2,1-3H3. The zero-order valence-electron chi connectivity index (χ0n) is 19.1. The second-order valence-electron chi connectivity index (χ2n) is 8.53. The average molecular weight is 430 g/mol. The molecule has 5 heteroatoms. The molecule has 4 rings (SSSR count). The summed E-state index contributed by atoms with van der Waals surface area (Å²) in [7, 11) is 6.09. The van der Waals surface area contributed by atoms with Crippen LogP contribution in [-0.4, -0.2) is 51.1 Å². The zero-order valence-corrected chi connectivity index (χ0v) is 19.1. The predicted molar refractivity (Wildman–Crippen MR) is 131 cm³/mol. The van der Waals surface area contributed by atoms with Crippen molar-refractivity contribution < 1.29 is 9.53 Å². The molecule has 1 unspecified atom stereocenters. The smallest absolute Gasteiger partial charge is 0.258 e. The monoisotopic (exact) mass is 429 g/mol. The lowest BCUT2D eigenvalue weighted by molar-refractivity contribution is 0.0993. The first-order valence-electron chi connectivity index (χ1n) is 11.1. The van der Waals surface area contributed by atoms with Gasteiger partial charge in [-0.1, -0.05) is 30.3 Å². The third-order valence-corrected chi connectivity index (χ3v) is 6.15. The van der Waals surface area contributed by atoms with Gasteiger partial charge in [-0.15, -0.1) is 0 Å². The first-order chi connectivity index (χ1) is 15.5. The van der Waals surface area contributed by atoms with Crippen LogP contribution in [-0.2, 0) is 6.61 Å². The van der Waals surface area contributed by atoms with Gasteiger partial charge in [-0.2, -0.15) is 0 Å². The lowest BCUT2D eigenvalue weighted by Gasteiger charge is -2.23. The molecule has 0 aliphatic carbocycles. The molecule has 1 heterocycles. The molecule has 0 bridgehead atoms. The minimum atomic E-state index is -0.0406. The molecule has 3 aromatic rings. The maximum Gasteiger partial charge on any atom is 0.258 e. The molecule has 166 valence electrons. The highest BCUT2D eigenvalue weighted by Gasteiger charge is 2.24. The highest BCUT2D eigenvalue weighted by atomic mass is 16.5. The number of amides is 1. The van der Waals surface area contributed by atoms with Crippen molar-refractivity contribution in [3.05, 3.63) is 90.0 Å². The molecule has 1 atom stereocenters. The van der Waals surface area contributed by atoms with E-state index in [1.165, 1.54) is 12.1 Å². The summed E-state index contributed by atoms with van der Waals surface area (Å²) in [4.78, 5) is 19.4. The van der Waals surface area contributed by atoms with Crippen molar-refractivity contribution in [3.63, 3.8) is 0 Å². The van der Waals surface area contributed by atoms with E-state index in [9.17, 15) is 4.79 Å². The molecule has 0 spiro atoms. The fourth-order valence-corrected chi connectivity index (χ4v) is 4.03. The molecule has 5 nitrogen and oxygen atoms in total. The zero-order chi connectivity index (χ0) is 22.5. The minimum absolute atomic E-state index is 0.0406. The van der Waals surface area contributed by atoms with Crippen LogP contribution in [0.1, 0.15) is 22.3 Å². The maximum absolute atomic E-state index is 13.0. The molecular weight excluding hydrogens is 398 g/mol. The van der Waals surface area contributed by atoms with E-state index in [1.54, 1.807) is 4.90 Å². The van der Waals surface area contributed by atoms with Gasteiger partial charge in [-0.3, -0.25) is 4.79 Å². The maximum atomic E-state index is 13.0. The first kappa shape index (κ1) is 21.9. The molecule has 32 heavy (non-hydrogen) atoms. The fraction of sp³-hybridized carbons (Fsp3) is 0.296. The van der Waals surface area contributed by atoms with E-state index < -0.39 is 0 Å². The van der Waals surface area contributed by atoms with Crippen LogP contribution >= 0.6 is 0 Å². The van der Waals surface area contributed by atoms with Gasteiger partial charge in [-0.05, 0) is 74.6 Å². The van der Waals surface area contributed by atoms with Crippen molar-refractivity contribution in [2.45, 2.75) is 19.1 Å². The number of carbonyl (C=O) groups is 1. The minimum Gasteiger partial charge on any atom is -0.489 e. The first-order valence-corrected chi connectivity index (χ1v) is 11.1. The summed E-state index contributed by atoms with van der Waals surface area (Å²) in [6.45, 7) is 2.61. The summed E-state index contributed by atoms with van der Waals surface area (Å²) in [6, 6.07) is 26.2. The number of nitrogens with zero attached hydrogens (tertiary/aromatic N) is 3. The van der Waals surface area contributed by atoms with Crippen molar-refractivity contribution in [3.8, 4) is 5.75 Å². The van der Waals surface area contributed by atoms with E-state index >= 15 is 0 Å². The number of hydrogen-bond donors (Lipinski definition) is 0. The summed E-state index contributed by atoms with van der Waals surface area (Å²) < 4.78 is 5.82. The third kappa shape index (κ3) is 5.11. The normalized spacial score (nSPS) is 15.8. The Kier molecular flexibility index (Phi) is 6.76. The molecule has 0 aromatic heterocycles. The summed E-state index contributed by atoms with van der Waals surface area (Å²) >= 11 is 0. The third-order valence-electron chi connectivity index (χ3n) is 6.15. The van der Waals surface area contributed by atoms with Crippen LogP contribution < -0.4 is 14.5 Å². The topological polar surface area (TPSA) is 36.0 Å². The lowest BCUT2D eigenvalue weighted by Crippen LogP contribution is -2.31. The molecule has 0 saturated carbocycles. The van der Waals surface area contributed by atoms with E-state index in [2.05, 4.69) is 36.0 Å². The van der Waals surface area contributed by atoms with Gasteiger partial charge in [0.2, 0.25) is 0 Å².